The van der Waals surface area contributed by atoms with E-state index in [1.807, 2.05) is 30.5 Å². The predicted molar refractivity (Wildman–Crippen MR) is 113 cm³/mol. The fraction of sp³-hybridized carbons (Fsp3) is 0.478. The van der Waals surface area contributed by atoms with Gasteiger partial charge >= 0.3 is 5.97 Å². The molecule has 2 heterocycles. The third-order valence-electron chi connectivity index (χ3n) is 6.23. The SMILES string of the molecule is O=C(COC(=O)CCN1C(=O)[C@H]2CCCC[C@H]2C1=O)NCCc1c[nH]c2ccccc12. The maximum Gasteiger partial charge on any atom is 0.308 e. The second-order valence-corrected chi connectivity index (χ2v) is 8.20. The second kappa shape index (κ2) is 9.32. The molecule has 1 saturated heterocycles. The zero-order chi connectivity index (χ0) is 21.8. The number of fused-ring (bicyclic) bond motifs is 2. The number of amides is 3. The summed E-state index contributed by atoms with van der Waals surface area (Å²) in [6.45, 7) is 0.0728. The summed E-state index contributed by atoms with van der Waals surface area (Å²) in [7, 11) is 0. The summed E-state index contributed by atoms with van der Waals surface area (Å²) in [5.41, 5.74) is 2.15. The lowest BCUT2D eigenvalue weighted by molar-refractivity contribution is -0.149. The Labute approximate surface area is 180 Å². The van der Waals surface area contributed by atoms with Crippen LogP contribution in [0.15, 0.2) is 30.5 Å². The number of esters is 1. The van der Waals surface area contributed by atoms with E-state index in [9.17, 15) is 19.2 Å². The zero-order valence-electron chi connectivity index (χ0n) is 17.4. The van der Waals surface area contributed by atoms with E-state index in [1.165, 1.54) is 4.90 Å². The largest absolute Gasteiger partial charge is 0.456 e. The van der Waals surface area contributed by atoms with Crippen molar-refractivity contribution in [2.24, 2.45) is 11.8 Å². The number of rotatable bonds is 8. The molecule has 31 heavy (non-hydrogen) atoms. The summed E-state index contributed by atoms with van der Waals surface area (Å²) in [6, 6.07) is 7.94. The lowest BCUT2D eigenvalue weighted by Crippen LogP contribution is -2.34. The molecule has 0 bridgehead atoms. The Morgan fingerprint density at radius 2 is 1.81 bits per heavy atom. The van der Waals surface area contributed by atoms with E-state index in [0.29, 0.717) is 13.0 Å². The topological polar surface area (TPSA) is 109 Å². The van der Waals surface area contributed by atoms with Gasteiger partial charge in [0.25, 0.3) is 5.91 Å². The molecule has 1 aliphatic heterocycles. The van der Waals surface area contributed by atoms with Crippen molar-refractivity contribution < 1.29 is 23.9 Å². The van der Waals surface area contributed by atoms with Crippen molar-refractivity contribution in [3.8, 4) is 0 Å². The number of hydrogen-bond donors (Lipinski definition) is 2. The summed E-state index contributed by atoms with van der Waals surface area (Å²) in [5, 5.41) is 3.86. The van der Waals surface area contributed by atoms with Crippen LogP contribution < -0.4 is 5.32 Å². The summed E-state index contributed by atoms with van der Waals surface area (Å²) in [5.74, 6) is -1.76. The zero-order valence-corrected chi connectivity index (χ0v) is 17.4. The molecule has 2 N–H and O–H groups in total. The average Bonchev–Trinajstić information content (AvgIpc) is 3.30. The van der Waals surface area contributed by atoms with Crippen LogP contribution in [0.25, 0.3) is 10.9 Å². The molecule has 1 saturated carbocycles. The minimum Gasteiger partial charge on any atom is -0.456 e. The highest BCUT2D eigenvalue weighted by molar-refractivity contribution is 6.05. The van der Waals surface area contributed by atoms with Crippen molar-refractivity contribution in [2.45, 2.75) is 38.5 Å². The molecule has 8 heteroatoms. The van der Waals surface area contributed by atoms with Gasteiger partial charge in [0.15, 0.2) is 6.61 Å². The third kappa shape index (κ3) is 4.62. The molecule has 2 aliphatic rings. The Morgan fingerprint density at radius 1 is 1.10 bits per heavy atom. The highest BCUT2D eigenvalue weighted by Crippen LogP contribution is 2.37. The highest BCUT2D eigenvalue weighted by atomic mass is 16.5. The maximum absolute atomic E-state index is 12.4. The minimum atomic E-state index is -0.595. The molecule has 2 fully saturated rings. The molecule has 3 amide bonds. The number of nitrogens with zero attached hydrogens (tertiary/aromatic N) is 1. The van der Waals surface area contributed by atoms with Gasteiger partial charge < -0.3 is 15.0 Å². The fourth-order valence-corrected chi connectivity index (χ4v) is 4.60. The van der Waals surface area contributed by atoms with Crippen molar-refractivity contribution in [3.05, 3.63) is 36.0 Å². The Morgan fingerprint density at radius 3 is 2.55 bits per heavy atom. The molecule has 8 nitrogen and oxygen atoms in total. The summed E-state index contributed by atoms with van der Waals surface area (Å²) in [4.78, 5) is 53.2. The number of carbonyl (C=O) groups is 4. The van der Waals surface area contributed by atoms with Gasteiger partial charge in [0, 0.05) is 30.2 Å². The molecule has 1 aromatic carbocycles. The Kier molecular flexibility index (Phi) is 6.34. The van der Waals surface area contributed by atoms with Gasteiger partial charge in [0.05, 0.1) is 18.3 Å². The van der Waals surface area contributed by atoms with Gasteiger partial charge in [0.1, 0.15) is 0 Å². The monoisotopic (exact) mass is 425 g/mol. The average molecular weight is 425 g/mol. The van der Waals surface area contributed by atoms with Crippen LogP contribution in [0.5, 0.6) is 0 Å². The number of carbonyl (C=O) groups excluding carboxylic acids is 4. The van der Waals surface area contributed by atoms with E-state index in [1.54, 1.807) is 0 Å². The van der Waals surface area contributed by atoms with E-state index < -0.39 is 5.97 Å². The number of aromatic nitrogens is 1. The smallest absolute Gasteiger partial charge is 0.308 e. The molecule has 4 rings (SSSR count). The molecule has 0 unspecified atom stereocenters. The van der Waals surface area contributed by atoms with E-state index in [2.05, 4.69) is 10.3 Å². The summed E-state index contributed by atoms with van der Waals surface area (Å²) >= 11 is 0. The van der Waals surface area contributed by atoms with Gasteiger partial charge in [-0.1, -0.05) is 31.0 Å². The molecular weight excluding hydrogens is 398 g/mol. The number of hydrogen-bond acceptors (Lipinski definition) is 5. The highest BCUT2D eigenvalue weighted by Gasteiger charge is 2.47. The van der Waals surface area contributed by atoms with Gasteiger partial charge in [-0.3, -0.25) is 24.1 Å². The van der Waals surface area contributed by atoms with E-state index in [-0.39, 0.29) is 49.1 Å². The lowest BCUT2D eigenvalue weighted by atomic mass is 9.81. The maximum atomic E-state index is 12.4. The van der Waals surface area contributed by atoms with Gasteiger partial charge in [-0.05, 0) is 30.9 Å². The number of benzene rings is 1. The molecule has 1 aliphatic carbocycles. The van der Waals surface area contributed by atoms with Crippen molar-refractivity contribution in [1.82, 2.24) is 15.2 Å². The normalized spacial score (nSPS) is 20.7. The molecule has 2 atom stereocenters. The number of para-hydroxylation sites is 1. The van der Waals surface area contributed by atoms with Crippen LogP contribution in [0, 0.1) is 11.8 Å². The first-order valence-electron chi connectivity index (χ1n) is 10.9. The number of ether oxygens (including phenoxy) is 1. The molecule has 2 aromatic rings. The summed E-state index contributed by atoms with van der Waals surface area (Å²) < 4.78 is 5.00. The molecule has 0 spiro atoms. The molecule has 164 valence electrons. The number of nitrogens with one attached hydrogen (secondary N) is 2. The second-order valence-electron chi connectivity index (χ2n) is 8.20. The standard InChI is InChI=1S/C23H27N3O5/c27-20(24-11-9-15-13-25-19-8-4-3-5-16(15)19)14-31-21(28)10-12-26-22(29)17-6-1-2-7-18(17)23(26)30/h3-5,8,13,17-18,25H,1-2,6-7,9-12,14H2,(H,24,27)/t17-,18+. The van der Waals surface area contributed by atoms with Crippen LogP contribution in [-0.4, -0.2) is 53.3 Å². The van der Waals surface area contributed by atoms with Crippen molar-refractivity contribution in [3.63, 3.8) is 0 Å². The number of H-pyrrole nitrogens is 1. The lowest BCUT2D eigenvalue weighted by Gasteiger charge is -2.19. The Bertz CT molecular complexity index is 974. The van der Waals surface area contributed by atoms with Crippen LogP contribution in [0.3, 0.4) is 0 Å². The van der Waals surface area contributed by atoms with E-state index in [4.69, 9.17) is 4.74 Å². The van der Waals surface area contributed by atoms with Crippen LogP contribution in [0.2, 0.25) is 0 Å². The van der Waals surface area contributed by atoms with Crippen LogP contribution >= 0.6 is 0 Å². The first-order chi connectivity index (χ1) is 15.0. The molecule has 1 aromatic heterocycles. The van der Waals surface area contributed by atoms with Gasteiger partial charge in [0.2, 0.25) is 11.8 Å². The molecular formula is C23H27N3O5. The molecule has 0 radical (unpaired) electrons. The number of imide groups is 1. The van der Waals surface area contributed by atoms with Crippen molar-refractivity contribution in [1.29, 1.82) is 0 Å². The summed E-state index contributed by atoms with van der Waals surface area (Å²) in [6.07, 6.45) is 5.90. The van der Waals surface area contributed by atoms with Crippen LogP contribution in [-0.2, 0) is 30.3 Å². The Hall–Kier alpha value is -3.16. The first-order valence-corrected chi connectivity index (χ1v) is 10.9. The number of likely N-dealkylation sites (tertiary alicyclic amines) is 1. The number of aromatic amines is 1. The van der Waals surface area contributed by atoms with Crippen molar-refractivity contribution >= 4 is 34.6 Å². The Balaban J connectivity index is 1.16. The van der Waals surface area contributed by atoms with Crippen LogP contribution in [0.4, 0.5) is 0 Å². The van der Waals surface area contributed by atoms with E-state index in [0.717, 1.165) is 42.1 Å². The first kappa shape index (κ1) is 21.1. The van der Waals surface area contributed by atoms with Crippen LogP contribution in [0.1, 0.15) is 37.7 Å². The quantitative estimate of drug-likeness (QED) is 0.496. The van der Waals surface area contributed by atoms with Gasteiger partial charge in [-0.2, -0.15) is 0 Å². The van der Waals surface area contributed by atoms with Gasteiger partial charge in [-0.15, -0.1) is 0 Å². The fourth-order valence-electron chi connectivity index (χ4n) is 4.60. The van der Waals surface area contributed by atoms with Crippen molar-refractivity contribution in [2.75, 3.05) is 19.7 Å². The van der Waals surface area contributed by atoms with Gasteiger partial charge in [-0.25, -0.2) is 0 Å². The van der Waals surface area contributed by atoms with E-state index >= 15 is 0 Å². The minimum absolute atomic E-state index is 0.0195. The third-order valence-corrected chi connectivity index (χ3v) is 6.23. The predicted octanol–water partition coefficient (Wildman–Crippen LogP) is 1.94.